The van der Waals surface area contributed by atoms with Gasteiger partial charge in [-0.3, -0.25) is 9.59 Å². The Bertz CT molecular complexity index is 1140. The molecule has 0 radical (unpaired) electrons. The second-order valence-electron chi connectivity index (χ2n) is 7.67. The molecule has 1 atom stereocenters. The highest BCUT2D eigenvalue weighted by Gasteiger charge is 2.36. The maximum Gasteiger partial charge on any atom is 0.229 e. The van der Waals surface area contributed by atoms with Gasteiger partial charge in [-0.25, -0.2) is 0 Å². The number of hydrogen-bond acceptors (Lipinski definition) is 5. The summed E-state index contributed by atoms with van der Waals surface area (Å²) in [4.78, 5) is 27.4. The van der Waals surface area contributed by atoms with E-state index >= 15 is 0 Å². The highest BCUT2D eigenvalue weighted by molar-refractivity contribution is 6.07. The van der Waals surface area contributed by atoms with E-state index in [0.29, 0.717) is 23.8 Å². The molecule has 2 amide bonds. The summed E-state index contributed by atoms with van der Waals surface area (Å²) < 4.78 is 17.9. The van der Waals surface area contributed by atoms with E-state index in [9.17, 15) is 9.59 Å². The van der Waals surface area contributed by atoms with Crippen molar-refractivity contribution in [2.75, 3.05) is 44.7 Å². The van der Waals surface area contributed by atoms with E-state index < -0.39 is 5.92 Å². The zero-order chi connectivity index (χ0) is 22.7. The summed E-state index contributed by atoms with van der Waals surface area (Å²) in [6.45, 7) is 1.63. The zero-order valence-electron chi connectivity index (χ0n) is 18.5. The average Bonchev–Trinajstić information content (AvgIpc) is 3.41. The van der Waals surface area contributed by atoms with Gasteiger partial charge in [-0.2, -0.15) is 0 Å². The number of rotatable bonds is 8. The molecule has 1 saturated heterocycles. The van der Waals surface area contributed by atoms with Crippen molar-refractivity contribution < 1.29 is 23.8 Å². The first-order chi connectivity index (χ1) is 15.5. The Labute approximate surface area is 186 Å². The van der Waals surface area contributed by atoms with Gasteiger partial charge in [0.1, 0.15) is 11.5 Å². The summed E-state index contributed by atoms with van der Waals surface area (Å²) in [6, 6.07) is 13.1. The zero-order valence-corrected chi connectivity index (χ0v) is 18.5. The molecule has 1 aliphatic rings. The summed E-state index contributed by atoms with van der Waals surface area (Å²) in [5, 5.41) is 3.98. The molecule has 1 fully saturated rings. The maximum atomic E-state index is 13.0. The van der Waals surface area contributed by atoms with Crippen molar-refractivity contribution in [1.29, 1.82) is 0 Å². The number of nitrogens with zero attached hydrogens (tertiary/aromatic N) is 2. The highest BCUT2D eigenvalue weighted by Crippen LogP contribution is 2.36. The first kappa shape index (κ1) is 21.7. The van der Waals surface area contributed by atoms with E-state index in [0.717, 1.165) is 23.1 Å². The highest BCUT2D eigenvalue weighted by atomic mass is 16.5. The summed E-state index contributed by atoms with van der Waals surface area (Å²) >= 11 is 0. The van der Waals surface area contributed by atoms with Crippen LogP contribution >= 0.6 is 0 Å². The standard InChI is InChI=1S/C24H27N3O5/c1-30-12-11-26-10-9-18-19(5-4-6-20(18)26)25-24(29)16-13-23(28)27(15-16)21-8-7-17(31-2)14-22(21)32-3/h4-10,14,16H,11-13,15H2,1-3H3,(H,25,29)/t16-/m1/s1. The molecular weight excluding hydrogens is 410 g/mol. The van der Waals surface area contributed by atoms with Crippen LogP contribution in [0.2, 0.25) is 0 Å². The minimum Gasteiger partial charge on any atom is -0.497 e. The molecule has 8 heteroatoms. The number of methoxy groups -OCH3 is 3. The first-order valence-corrected chi connectivity index (χ1v) is 10.5. The van der Waals surface area contributed by atoms with Crippen molar-refractivity contribution in [2.45, 2.75) is 13.0 Å². The molecule has 1 aromatic heterocycles. The van der Waals surface area contributed by atoms with Gasteiger partial charge in [0, 0.05) is 44.3 Å². The number of amides is 2. The van der Waals surface area contributed by atoms with Crippen molar-refractivity contribution in [3.63, 3.8) is 0 Å². The van der Waals surface area contributed by atoms with Gasteiger partial charge in [-0.05, 0) is 30.3 Å². The molecule has 0 spiro atoms. The topological polar surface area (TPSA) is 82.0 Å². The van der Waals surface area contributed by atoms with Gasteiger partial charge in [-0.15, -0.1) is 0 Å². The Hall–Kier alpha value is -3.52. The molecule has 0 aliphatic carbocycles. The second kappa shape index (κ2) is 9.32. The van der Waals surface area contributed by atoms with Crippen molar-refractivity contribution in [2.24, 2.45) is 5.92 Å². The predicted octanol–water partition coefficient (Wildman–Crippen LogP) is 3.30. The Balaban J connectivity index is 1.51. The van der Waals surface area contributed by atoms with Gasteiger partial charge in [0.2, 0.25) is 11.8 Å². The van der Waals surface area contributed by atoms with Crippen LogP contribution in [0.5, 0.6) is 11.5 Å². The van der Waals surface area contributed by atoms with Crippen molar-refractivity contribution in [1.82, 2.24) is 4.57 Å². The molecule has 3 aromatic rings. The molecule has 1 N–H and O–H groups in total. The molecule has 2 heterocycles. The maximum absolute atomic E-state index is 13.0. The molecule has 32 heavy (non-hydrogen) atoms. The molecule has 4 rings (SSSR count). The van der Waals surface area contributed by atoms with Gasteiger partial charge >= 0.3 is 0 Å². The van der Waals surface area contributed by atoms with Crippen LogP contribution in [0.1, 0.15) is 6.42 Å². The molecule has 1 aliphatic heterocycles. The minimum atomic E-state index is -0.458. The van der Waals surface area contributed by atoms with Gasteiger partial charge in [0.15, 0.2) is 0 Å². The lowest BCUT2D eigenvalue weighted by Gasteiger charge is -2.20. The monoisotopic (exact) mass is 437 g/mol. The fourth-order valence-corrected chi connectivity index (χ4v) is 4.08. The van der Waals surface area contributed by atoms with Crippen molar-refractivity contribution in [3.05, 3.63) is 48.7 Å². The van der Waals surface area contributed by atoms with Crippen LogP contribution in [0, 0.1) is 5.92 Å². The summed E-state index contributed by atoms with van der Waals surface area (Å²) in [6.07, 6.45) is 2.13. The van der Waals surface area contributed by atoms with E-state index in [2.05, 4.69) is 9.88 Å². The van der Waals surface area contributed by atoms with Gasteiger partial charge in [-0.1, -0.05) is 6.07 Å². The third-order valence-corrected chi connectivity index (χ3v) is 5.78. The predicted molar refractivity (Wildman–Crippen MR) is 122 cm³/mol. The van der Waals surface area contributed by atoms with E-state index in [-0.39, 0.29) is 24.8 Å². The number of anilines is 2. The van der Waals surface area contributed by atoms with E-state index in [1.54, 1.807) is 44.4 Å². The summed E-state index contributed by atoms with van der Waals surface area (Å²) in [5.74, 6) is 0.418. The quantitative estimate of drug-likeness (QED) is 0.585. The smallest absolute Gasteiger partial charge is 0.229 e. The Kier molecular flexibility index (Phi) is 6.32. The molecule has 168 valence electrons. The number of hydrogen-bond donors (Lipinski definition) is 1. The third kappa shape index (κ3) is 4.13. The minimum absolute atomic E-state index is 0.113. The average molecular weight is 437 g/mol. The molecular formula is C24H27N3O5. The Morgan fingerprint density at radius 3 is 2.72 bits per heavy atom. The molecule has 0 bridgehead atoms. The van der Waals surface area contributed by atoms with Crippen molar-refractivity contribution >= 4 is 34.1 Å². The van der Waals surface area contributed by atoms with Crippen LogP contribution in [0.3, 0.4) is 0 Å². The number of carbonyl (C=O) groups is 2. The SMILES string of the molecule is COCCn1ccc2c(NC(=O)[C@@H]3CC(=O)N(c4ccc(OC)cc4OC)C3)cccc21. The van der Waals surface area contributed by atoms with Gasteiger partial charge in [0.25, 0.3) is 0 Å². The van der Waals surface area contributed by atoms with Crippen molar-refractivity contribution in [3.8, 4) is 11.5 Å². The molecule has 0 unspecified atom stereocenters. The summed E-state index contributed by atoms with van der Waals surface area (Å²) in [5.41, 5.74) is 2.38. The van der Waals surface area contributed by atoms with Gasteiger partial charge in [0.05, 0.1) is 43.6 Å². The van der Waals surface area contributed by atoms with E-state index in [1.807, 2.05) is 30.5 Å². The lowest BCUT2D eigenvalue weighted by molar-refractivity contribution is -0.122. The fourth-order valence-electron chi connectivity index (χ4n) is 4.08. The number of ether oxygens (including phenoxy) is 3. The van der Waals surface area contributed by atoms with Gasteiger partial charge < -0.3 is 29.0 Å². The van der Waals surface area contributed by atoms with Crippen LogP contribution in [0.15, 0.2) is 48.7 Å². The van der Waals surface area contributed by atoms with Crippen LogP contribution in [0.4, 0.5) is 11.4 Å². The number of fused-ring (bicyclic) bond motifs is 1. The summed E-state index contributed by atoms with van der Waals surface area (Å²) in [7, 11) is 4.79. The number of nitrogens with one attached hydrogen (secondary N) is 1. The lowest BCUT2D eigenvalue weighted by atomic mass is 10.1. The lowest BCUT2D eigenvalue weighted by Crippen LogP contribution is -2.28. The number of aromatic nitrogens is 1. The fraction of sp³-hybridized carbons (Fsp3) is 0.333. The van der Waals surface area contributed by atoms with Crippen LogP contribution in [-0.2, 0) is 20.9 Å². The molecule has 8 nitrogen and oxygen atoms in total. The van der Waals surface area contributed by atoms with E-state index in [4.69, 9.17) is 14.2 Å². The number of carbonyl (C=O) groups excluding carboxylic acids is 2. The second-order valence-corrected chi connectivity index (χ2v) is 7.67. The Morgan fingerprint density at radius 1 is 1.12 bits per heavy atom. The molecule has 2 aromatic carbocycles. The largest absolute Gasteiger partial charge is 0.497 e. The van der Waals surface area contributed by atoms with Crippen LogP contribution in [0.25, 0.3) is 10.9 Å². The first-order valence-electron chi connectivity index (χ1n) is 10.5. The number of benzene rings is 2. The molecule has 0 saturated carbocycles. The normalized spacial score (nSPS) is 15.9. The van der Waals surface area contributed by atoms with E-state index in [1.165, 1.54) is 0 Å². The van der Waals surface area contributed by atoms with Crippen LogP contribution < -0.4 is 19.7 Å². The Morgan fingerprint density at radius 2 is 1.97 bits per heavy atom. The van der Waals surface area contributed by atoms with Crippen LogP contribution in [-0.4, -0.2) is 50.9 Å². The third-order valence-electron chi connectivity index (χ3n) is 5.78.